The highest BCUT2D eigenvalue weighted by Gasteiger charge is 2.53. The number of carbonyl (C=O) groups is 1. The molecule has 2 nitrogen and oxygen atoms in total. The quantitative estimate of drug-likeness (QED) is 0.229. The zero-order chi connectivity index (χ0) is 26.7. The van der Waals surface area contributed by atoms with Crippen molar-refractivity contribution in [2.24, 2.45) is 11.3 Å². The molecule has 0 bridgehead atoms. The third-order valence-electron chi connectivity index (χ3n) is 8.11. The molecule has 4 unspecified atom stereocenters. The van der Waals surface area contributed by atoms with Gasteiger partial charge in [0, 0.05) is 33.5 Å². The fourth-order valence-electron chi connectivity index (χ4n) is 6.05. The number of hydrogen-bond acceptors (Lipinski definition) is 2. The lowest BCUT2D eigenvalue weighted by Crippen LogP contribution is -2.56. The van der Waals surface area contributed by atoms with Crippen molar-refractivity contribution in [1.82, 2.24) is 4.90 Å². The Bertz CT molecular complexity index is 1260. The van der Waals surface area contributed by atoms with Crippen molar-refractivity contribution in [3.05, 3.63) is 118 Å². The molecule has 1 saturated carbocycles. The molecule has 2 fully saturated rings. The number of allylic oxidation sites excluding steroid dienone is 1. The lowest BCUT2D eigenvalue weighted by atomic mass is 9.67. The molecule has 1 aliphatic heterocycles. The predicted octanol–water partition coefficient (Wildman–Crippen LogP) is 9.35. The van der Waals surface area contributed by atoms with E-state index in [1.807, 2.05) is 42.1 Å². The van der Waals surface area contributed by atoms with E-state index >= 15 is 0 Å². The third-order valence-corrected chi connectivity index (χ3v) is 9.71. The predicted molar refractivity (Wildman–Crippen MR) is 162 cm³/mol. The van der Waals surface area contributed by atoms with Gasteiger partial charge < -0.3 is 4.90 Å². The second-order valence-corrected chi connectivity index (χ2v) is 12.9. The van der Waals surface area contributed by atoms with E-state index in [2.05, 4.69) is 73.0 Å². The summed E-state index contributed by atoms with van der Waals surface area (Å²) >= 11 is 14.8. The first-order valence-corrected chi connectivity index (χ1v) is 15.4. The Hall–Kier alpha value is -2.20. The molecule has 1 aliphatic carbocycles. The van der Waals surface area contributed by atoms with Crippen molar-refractivity contribution in [3.8, 4) is 0 Å². The van der Waals surface area contributed by atoms with Crippen molar-refractivity contribution in [1.29, 1.82) is 0 Å². The first-order chi connectivity index (χ1) is 18.4. The van der Waals surface area contributed by atoms with Crippen LogP contribution in [-0.2, 0) is 10.5 Å². The van der Waals surface area contributed by atoms with Crippen molar-refractivity contribution < 1.29 is 4.79 Å². The molecule has 0 radical (unpaired) electrons. The van der Waals surface area contributed by atoms with Crippen LogP contribution in [0.1, 0.15) is 61.3 Å². The van der Waals surface area contributed by atoms with Gasteiger partial charge in [-0.3, -0.25) is 4.79 Å². The van der Waals surface area contributed by atoms with Crippen LogP contribution < -0.4 is 0 Å². The van der Waals surface area contributed by atoms with Crippen LogP contribution >= 0.6 is 35.0 Å². The second-order valence-electron chi connectivity index (χ2n) is 11.0. The summed E-state index contributed by atoms with van der Waals surface area (Å²) in [7, 11) is 0. The standard InChI is InChI=1S/C33H35Cl2NOS/c1-3-18-33(2)20-29(26-10-7-11-28(35)19-26)31(25-14-16-27(34)17-15-25)36(32(33)37)30(24-12-13-24)22-38-21-23-8-5-4-6-9-23/h3-11,14-17,19,24,29-31H,1,12-13,18,20-22H2,2H3. The highest BCUT2D eigenvalue weighted by molar-refractivity contribution is 7.98. The first-order valence-electron chi connectivity index (χ1n) is 13.5. The van der Waals surface area contributed by atoms with Gasteiger partial charge in [-0.25, -0.2) is 0 Å². The van der Waals surface area contributed by atoms with E-state index in [0.717, 1.165) is 28.5 Å². The number of carbonyl (C=O) groups excluding carboxylic acids is 1. The monoisotopic (exact) mass is 563 g/mol. The molecule has 3 aromatic rings. The average Bonchev–Trinajstić information content (AvgIpc) is 3.75. The minimum Gasteiger partial charge on any atom is -0.330 e. The van der Waals surface area contributed by atoms with Gasteiger partial charge in [-0.1, -0.05) is 90.8 Å². The molecule has 1 amide bonds. The van der Waals surface area contributed by atoms with Gasteiger partial charge in [-0.05, 0) is 72.6 Å². The number of likely N-dealkylation sites (tertiary alicyclic amines) is 1. The Morgan fingerprint density at radius 2 is 1.74 bits per heavy atom. The molecule has 198 valence electrons. The third kappa shape index (κ3) is 6.01. The van der Waals surface area contributed by atoms with Crippen molar-refractivity contribution in [3.63, 3.8) is 0 Å². The number of hydrogen-bond donors (Lipinski definition) is 0. The summed E-state index contributed by atoms with van der Waals surface area (Å²) in [5, 5.41) is 1.43. The highest BCUT2D eigenvalue weighted by Crippen LogP contribution is 2.54. The number of piperidine rings is 1. The Balaban J connectivity index is 1.57. The number of amides is 1. The number of nitrogens with zero attached hydrogens (tertiary/aromatic N) is 1. The first kappa shape index (κ1) is 27.4. The molecule has 0 aromatic heterocycles. The molecule has 38 heavy (non-hydrogen) atoms. The molecular weight excluding hydrogens is 529 g/mol. The van der Waals surface area contributed by atoms with Gasteiger partial charge in [0.1, 0.15) is 0 Å². The summed E-state index contributed by atoms with van der Waals surface area (Å²) in [6.45, 7) is 6.15. The second kappa shape index (κ2) is 11.9. The molecule has 1 heterocycles. The van der Waals surface area contributed by atoms with Crippen LogP contribution in [0.3, 0.4) is 0 Å². The molecule has 2 aliphatic rings. The van der Waals surface area contributed by atoms with Gasteiger partial charge in [0.05, 0.1) is 11.5 Å². The van der Waals surface area contributed by atoms with Crippen LogP contribution in [0, 0.1) is 11.3 Å². The average molecular weight is 565 g/mol. The van der Waals surface area contributed by atoms with Crippen molar-refractivity contribution in [2.75, 3.05) is 5.75 Å². The van der Waals surface area contributed by atoms with Gasteiger partial charge in [0.2, 0.25) is 5.91 Å². The SMILES string of the molecule is C=CCC1(C)CC(c2cccc(Cl)c2)C(c2ccc(Cl)cc2)N(C(CSCc2ccccc2)C2CC2)C1=O. The van der Waals surface area contributed by atoms with Gasteiger partial charge in [0.15, 0.2) is 0 Å². The molecule has 4 atom stereocenters. The summed E-state index contributed by atoms with van der Waals surface area (Å²) in [6, 6.07) is 27.0. The van der Waals surface area contributed by atoms with Crippen molar-refractivity contribution >= 4 is 40.9 Å². The van der Waals surface area contributed by atoms with Crippen molar-refractivity contribution in [2.45, 2.75) is 56.4 Å². The summed E-state index contributed by atoms with van der Waals surface area (Å²) < 4.78 is 0. The van der Waals surface area contributed by atoms with E-state index in [0.29, 0.717) is 17.4 Å². The van der Waals surface area contributed by atoms with Crippen LogP contribution in [0.25, 0.3) is 0 Å². The van der Waals surface area contributed by atoms with Crippen LogP contribution in [-0.4, -0.2) is 22.6 Å². The molecule has 0 spiro atoms. The van der Waals surface area contributed by atoms with E-state index in [9.17, 15) is 4.79 Å². The molecule has 5 rings (SSSR count). The molecule has 1 saturated heterocycles. The van der Waals surface area contributed by atoms with E-state index in [1.54, 1.807) is 0 Å². The summed E-state index contributed by atoms with van der Waals surface area (Å²) in [5.74, 6) is 2.75. The zero-order valence-electron chi connectivity index (χ0n) is 21.9. The largest absolute Gasteiger partial charge is 0.330 e. The summed E-state index contributed by atoms with van der Waals surface area (Å²) in [4.78, 5) is 16.8. The van der Waals surface area contributed by atoms with Crippen LogP contribution in [0.2, 0.25) is 10.0 Å². The maximum atomic E-state index is 14.6. The van der Waals surface area contributed by atoms with E-state index in [-0.39, 0.29) is 23.9 Å². The number of rotatable bonds is 10. The lowest BCUT2D eigenvalue weighted by Gasteiger charge is -2.52. The van der Waals surface area contributed by atoms with Crippen LogP contribution in [0.15, 0.2) is 91.5 Å². The van der Waals surface area contributed by atoms with E-state index in [4.69, 9.17) is 23.2 Å². The van der Waals surface area contributed by atoms with Gasteiger partial charge >= 0.3 is 0 Å². The Kier molecular flexibility index (Phi) is 8.57. The lowest BCUT2D eigenvalue weighted by molar-refractivity contribution is -0.154. The minimum absolute atomic E-state index is 0.0842. The number of benzene rings is 3. The van der Waals surface area contributed by atoms with Gasteiger partial charge in [0.25, 0.3) is 0 Å². The molecule has 3 aromatic carbocycles. The Morgan fingerprint density at radius 3 is 2.39 bits per heavy atom. The maximum absolute atomic E-state index is 14.6. The molecule has 5 heteroatoms. The summed E-state index contributed by atoms with van der Waals surface area (Å²) in [6.07, 6.45) is 5.66. The number of halogens is 2. The maximum Gasteiger partial charge on any atom is 0.229 e. The smallest absolute Gasteiger partial charge is 0.229 e. The van der Waals surface area contributed by atoms with Gasteiger partial charge in [-0.2, -0.15) is 11.8 Å². The fourth-order valence-corrected chi connectivity index (χ4v) is 7.59. The fraction of sp³-hybridized carbons (Fsp3) is 0.364. The Morgan fingerprint density at radius 1 is 1.00 bits per heavy atom. The highest BCUT2D eigenvalue weighted by atomic mass is 35.5. The van der Waals surface area contributed by atoms with E-state index in [1.165, 1.54) is 24.0 Å². The van der Waals surface area contributed by atoms with E-state index < -0.39 is 5.41 Å². The van der Waals surface area contributed by atoms with Gasteiger partial charge in [-0.15, -0.1) is 6.58 Å². The minimum atomic E-state index is -0.519. The Labute approximate surface area is 241 Å². The summed E-state index contributed by atoms with van der Waals surface area (Å²) in [5.41, 5.74) is 3.11. The number of thioether (sulfide) groups is 1. The normalized spacial score (nSPS) is 24.3. The zero-order valence-corrected chi connectivity index (χ0v) is 24.2. The van der Waals surface area contributed by atoms with Crippen LogP contribution in [0.5, 0.6) is 0 Å². The molecule has 0 N–H and O–H groups in total. The topological polar surface area (TPSA) is 20.3 Å². The molecular formula is C33H35Cl2NOS. The van der Waals surface area contributed by atoms with Crippen LogP contribution in [0.4, 0.5) is 0 Å².